The highest BCUT2D eigenvalue weighted by Crippen LogP contribution is 2.23. The summed E-state index contributed by atoms with van der Waals surface area (Å²) < 4.78 is 26.1. The summed E-state index contributed by atoms with van der Waals surface area (Å²) in [6, 6.07) is 3.40. The summed E-state index contributed by atoms with van der Waals surface area (Å²) in [7, 11) is 0. The number of nitrogens with zero attached hydrogens (tertiary/aromatic N) is 1. The predicted molar refractivity (Wildman–Crippen MR) is 73.3 cm³/mol. The lowest BCUT2D eigenvalue weighted by atomic mass is 10.3. The quantitative estimate of drug-likeness (QED) is 0.867. The minimum absolute atomic E-state index is 0.0658. The molecular weight excluding hydrogens is 311 g/mol. The number of nitrogens with one attached hydrogen (secondary N) is 2. The third-order valence-corrected chi connectivity index (χ3v) is 2.71. The fraction of sp³-hybridized carbons (Fsp3) is 0. The first-order valence-corrected chi connectivity index (χ1v) is 6.05. The van der Waals surface area contributed by atoms with Gasteiger partial charge in [-0.1, -0.05) is 23.2 Å². The third-order valence-electron chi connectivity index (χ3n) is 2.22. The summed E-state index contributed by atoms with van der Waals surface area (Å²) in [4.78, 5) is 15.4. The van der Waals surface area contributed by atoms with Gasteiger partial charge in [0.25, 0.3) is 0 Å². The molecule has 0 saturated carbocycles. The zero-order valence-electron chi connectivity index (χ0n) is 9.75. The van der Waals surface area contributed by atoms with Gasteiger partial charge in [-0.15, -0.1) is 0 Å². The number of benzene rings is 1. The van der Waals surface area contributed by atoms with Gasteiger partial charge in [-0.3, -0.25) is 5.32 Å². The number of carbonyl (C=O) groups is 1. The van der Waals surface area contributed by atoms with E-state index in [9.17, 15) is 13.6 Å². The van der Waals surface area contributed by atoms with Crippen molar-refractivity contribution < 1.29 is 13.6 Å². The van der Waals surface area contributed by atoms with E-state index >= 15 is 0 Å². The molecule has 0 atom stereocenters. The lowest BCUT2D eigenvalue weighted by Gasteiger charge is -2.09. The molecule has 0 saturated heterocycles. The van der Waals surface area contributed by atoms with Crippen molar-refractivity contribution in [3.8, 4) is 0 Å². The molecule has 0 aliphatic carbocycles. The van der Waals surface area contributed by atoms with Crippen LogP contribution in [0.1, 0.15) is 0 Å². The maximum Gasteiger partial charge on any atom is 0.324 e. The van der Waals surface area contributed by atoms with E-state index < -0.39 is 17.7 Å². The highest BCUT2D eigenvalue weighted by molar-refractivity contribution is 6.36. The smallest absolute Gasteiger partial charge is 0.305 e. The molecular formula is C12H7Cl2F2N3O. The van der Waals surface area contributed by atoms with Gasteiger partial charge in [0.2, 0.25) is 0 Å². The maximum absolute atomic E-state index is 13.3. The van der Waals surface area contributed by atoms with Crippen molar-refractivity contribution in [1.82, 2.24) is 4.98 Å². The van der Waals surface area contributed by atoms with E-state index in [1.165, 1.54) is 12.3 Å². The SMILES string of the molecule is O=C(Nc1ccc(F)cc1F)Nc1ncc(Cl)cc1Cl. The summed E-state index contributed by atoms with van der Waals surface area (Å²) in [5.41, 5.74) is -0.172. The summed E-state index contributed by atoms with van der Waals surface area (Å²) in [5, 5.41) is 4.96. The Morgan fingerprint density at radius 2 is 1.90 bits per heavy atom. The lowest BCUT2D eigenvalue weighted by Crippen LogP contribution is -2.21. The Balaban J connectivity index is 2.09. The van der Waals surface area contributed by atoms with Crippen molar-refractivity contribution >= 4 is 40.7 Å². The monoisotopic (exact) mass is 317 g/mol. The molecule has 2 N–H and O–H groups in total. The van der Waals surface area contributed by atoms with Gasteiger partial charge < -0.3 is 5.32 Å². The Kier molecular flexibility index (Phi) is 4.36. The molecule has 2 aromatic rings. The average molecular weight is 318 g/mol. The first-order valence-electron chi connectivity index (χ1n) is 5.30. The molecule has 0 aliphatic heterocycles. The van der Waals surface area contributed by atoms with E-state index in [1.807, 2.05) is 0 Å². The number of hydrogen-bond donors (Lipinski definition) is 2. The summed E-state index contributed by atoms with van der Waals surface area (Å²) in [5.74, 6) is -1.57. The molecule has 1 heterocycles. The molecule has 1 aromatic heterocycles. The average Bonchev–Trinajstić information content (AvgIpc) is 2.36. The van der Waals surface area contributed by atoms with Gasteiger partial charge in [-0.25, -0.2) is 18.6 Å². The van der Waals surface area contributed by atoms with Crippen LogP contribution in [-0.4, -0.2) is 11.0 Å². The zero-order chi connectivity index (χ0) is 14.7. The molecule has 1 aromatic carbocycles. The number of urea groups is 1. The topological polar surface area (TPSA) is 54.0 Å². The molecule has 4 nitrogen and oxygen atoms in total. The molecule has 0 aliphatic rings. The largest absolute Gasteiger partial charge is 0.324 e. The van der Waals surface area contributed by atoms with Crippen molar-refractivity contribution in [2.75, 3.05) is 10.6 Å². The maximum atomic E-state index is 13.3. The first-order chi connectivity index (χ1) is 9.45. The molecule has 0 bridgehead atoms. The second-order valence-corrected chi connectivity index (χ2v) is 4.53. The fourth-order valence-electron chi connectivity index (χ4n) is 1.36. The van der Waals surface area contributed by atoms with E-state index in [0.29, 0.717) is 11.1 Å². The number of pyridine rings is 1. The van der Waals surface area contributed by atoms with Crippen LogP contribution in [0.2, 0.25) is 10.0 Å². The van der Waals surface area contributed by atoms with Crippen LogP contribution in [0, 0.1) is 11.6 Å². The van der Waals surface area contributed by atoms with Gasteiger partial charge in [0.05, 0.1) is 15.7 Å². The minimum atomic E-state index is -0.893. The second-order valence-electron chi connectivity index (χ2n) is 3.69. The first kappa shape index (κ1) is 14.5. The highest BCUT2D eigenvalue weighted by atomic mass is 35.5. The van der Waals surface area contributed by atoms with Crippen LogP contribution < -0.4 is 10.6 Å². The zero-order valence-corrected chi connectivity index (χ0v) is 11.3. The van der Waals surface area contributed by atoms with E-state index in [4.69, 9.17) is 23.2 Å². The Morgan fingerprint density at radius 3 is 2.55 bits per heavy atom. The lowest BCUT2D eigenvalue weighted by molar-refractivity contribution is 0.262. The van der Waals surface area contributed by atoms with Crippen molar-refractivity contribution in [2.45, 2.75) is 0 Å². The van der Waals surface area contributed by atoms with Crippen LogP contribution in [0.15, 0.2) is 30.5 Å². The van der Waals surface area contributed by atoms with Gasteiger partial charge in [0.15, 0.2) is 5.82 Å². The number of rotatable bonds is 2. The third kappa shape index (κ3) is 3.55. The van der Waals surface area contributed by atoms with Crippen molar-refractivity contribution in [3.63, 3.8) is 0 Å². The van der Waals surface area contributed by atoms with Gasteiger partial charge in [0, 0.05) is 12.3 Å². The van der Waals surface area contributed by atoms with Crippen molar-refractivity contribution in [3.05, 3.63) is 52.1 Å². The van der Waals surface area contributed by atoms with Crippen LogP contribution in [0.5, 0.6) is 0 Å². The molecule has 0 unspecified atom stereocenters. The van der Waals surface area contributed by atoms with E-state index in [0.717, 1.165) is 12.1 Å². The fourth-order valence-corrected chi connectivity index (χ4v) is 1.79. The minimum Gasteiger partial charge on any atom is -0.305 e. The van der Waals surface area contributed by atoms with E-state index in [1.54, 1.807) is 0 Å². The standard InChI is InChI=1S/C12H7Cl2F2N3O/c13-6-3-8(14)11(17-5-6)19-12(20)18-10-2-1-7(15)4-9(10)16/h1-5H,(H2,17,18,19,20). The van der Waals surface area contributed by atoms with Crippen LogP contribution in [0.25, 0.3) is 0 Å². The molecule has 20 heavy (non-hydrogen) atoms. The van der Waals surface area contributed by atoms with Crippen molar-refractivity contribution in [2.24, 2.45) is 0 Å². The molecule has 8 heteroatoms. The number of carbonyl (C=O) groups excluding carboxylic acids is 1. The normalized spacial score (nSPS) is 10.2. The van der Waals surface area contributed by atoms with E-state index in [2.05, 4.69) is 15.6 Å². The molecule has 2 rings (SSSR count). The highest BCUT2D eigenvalue weighted by Gasteiger charge is 2.10. The number of hydrogen-bond acceptors (Lipinski definition) is 2. The molecule has 2 amide bonds. The van der Waals surface area contributed by atoms with E-state index in [-0.39, 0.29) is 16.5 Å². The van der Waals surface area contributed by atoms with Crippen LogP contribution in [0.3, 0.4) is 0 Å². The van der Waals surface area contributed by atoms with Crippen molar-refractivity contribution in [1.29, 1.82) is 0 Å². The summed E-state index contributed by atoms with van der Waals surface area (Å²) in [6.07, 6.45) is 1.29. The Hall–Kier alpha value is -1.92. The van der Waals surface area contributed by atoms with Crippen LogP contribution >= 0.6 is 23.2 Å². The summed E-state index contributed by atoms with van der Waals surface area (Å²) >= 11 is 11.5. The van der Waals surface area contributed by atoms with Gasteiger partial charge in [0.1, 0.15) is 11.6 Å². The Labute approximate surface area is 122 Å². The Morgan fingerprint density at radius 1 is 1.15 bits per heavy atom. The number of amides is 2. The van der Waals surface area contributed by atoms with Gasteiger partial charge in [-0.05, 0) is 18.2 Å². The van der Waals surface area contributed by atoms with Gasteiger partial charge >= 0.3 is 6.03 Å². The van der Waals surface area contributed by atoms with Crippen LogP contribution in [-0.2, 0) is 0 Å². The predicted octanol–water partition coefficient (Wildman–Crippen LogP) is 4.31. The second kappa shape index (κ2) is 6.02. The number of aromatic nitrogens is 1. The number of halogens is 4. The summed E-state index contributed by atoms with van der Waals surface area (Å²) in [6.45, 7) is 0. The molecule has 104 valence electrons. The van der Waals surface area contributed by atoms with Crippen LogP contribution in [0.4, 0.5) is 25.1 Å². The number of anilines is 2. The van der Waals surface area contributed by atoms with Gasteiger partial charge in [-0.2, -0.15) is 0 Å². The molecule has 0 fully saturated rings. The molecule has 0 radical (unpaired) electrons. The Bertz CT molecular complexity index is 612. The molecule has 0 spiro atoms.